The van der Waals surface area contributed by atoms with Gasteiger partial charge in [-0.1, -0.05) is 48.5 Å². The highest BCUT2D eigenvalue weighted by molar-refractivity contribution is 5.90. The molecule has 2 atom stereocenters. The van der Waals surface area contributed by atoms with Crippen LogP contribution in [-0.4, -0.2) is 39.5 Å². The fraction of sp³-hybridized carbons (Fsp3) is 0.273. The van der Waals surface area contributed by atoms with Gasteiger partial charge >= 0.3 is 12.1 Å². The number of amides is 1. The van der Waals surface area contributed by atoms with Crippen LogP contribution < -0.4 is 5.32 Å². The number of nitrogens with one attached hydrogen (secondary N) is 1. The molecule has 0 spiro atoms. The van der Waals surface area contributed by atoms with Crippen LogP contribution in [0.5, 0.6) is 0 Å². The maximum absolute atomic E-state index is 12.9. The molecular weight excluding hydrogens is 425 g/mol. The van der Waals surface area contributed by atoms with Crippen molar-refractivity contribution in [2.75, 3.05) is 6.54 Å². The lowest BCUT2D eigenvalue weighted by Gasteiger charge is -2.16. The Balaban J connectivity index is 1.58. The van der Waals surface area contributed by atoms with Gasteiger partial charge in [0.15, 0.2) is 11.8 Å². The van der Waals surface area contributed by atoms with Crippen molar-refractivity contribution in [1.29, 1.82) is 0 Å². The summed E-state index contributed by atoms with van der Waals surface area (Å²) in [7, 11) is 0. The number of alkyl halides is 3. The summed E-state index contributed by atoms with van der Waals surface area (Å²) in [6.07, 6.45) is -4.47. The van der Waals surface area contributed by atoms with E-state index in [0.717, 1.165) is 28.6 Å². The Morgan fingerprint density at radius 2 is 1.81 bits per heavy atom. The molecule has 1 N–H and O–H groups in total. The zero-order valence-electron chi connectivity index (χ0n) is 17.3. The Morgan fingerprint density at radius 3 is 2.50 bits per heavy atom. The Bertz CT molecular complexity index is 1080. The fourth-order valence-corrected chi connectivity index (χ4v) is 2.88. The van der Waals surface area contributed by atoms with Gasteiger partial charge in [-0.15, -0.1) is 5.10 Å². The van der Waals surface area contributed by atoms with Crippen LogP contribution >= 0.6 is 0 Å². The van der Waals surface area contributed by atoms with Crippen LogP contribution in [0.1, 0.15) is 41.4 Å². The molecule has 2 unspecified atom stereocenters. The van der Waals surface area contributed by atoms with Crippen LogP contribution in [0.2, 0.25) is 0 Å². The van der Waals surface area contributed by atoms with Crippen molar-refractivity contribution in [2.45, 2.75) is 32.0 Å². The normalized spacial score (nSPS) is 13.3. The number of carbonyl (C=O) groups is 2. The fourth-order valence-electron chi connectivity index (χ4n) is 2.88. The number of hydrogen-bond acceptors (Lipinski definition) is 5. The average Bonchev–Trinajstić information content (AvgIpc) is 3.28. The Labute approximate surface area is 182 Å². The first-order valence-electron chi connectivity index (χ1n) is 9.79. The van der Waals surface area contributed by atoms with E-state index in [4.69, 9.17) is 4.74 Å². The zero-order chi connectivity index (χ0) is 23.3. The molecular formula is C22H21F3N4O3. The molecule has 0 aliphatic carbocycles. The molecule has 7 nitrogen and oxygen atoms in total. The average molecular weight is 446 g/mol. The topological polar surface area (TPSA) is 86.1 Å². The van der Waals surface area contributed by atoms with E-state index < -0.39 is 29.7 Å². The maximum atomic E-state index is 12.9. The van der Waals surface area contributed by atoms with Crippen molar-refractivity contribution < 1.29 is 27.5 Å². The lowest BCUT2D eigenvalue weighted by molar-refractivity contribution is -0.137. The van der Waals surface area contributed by atoms with E-state index in [-0.39, 0.29) is 17.3 Å². The largest absolute Gasteiger partial charge is 0.448 e. The summed E-state index contributed by atoms with van der Waals surface area (Å²) < 4.78 is 44.8. The van der Waals surface area contributed by atoms with Gasteiger partial charge in [0.1, 0.15) is 0 Å². The number of nitrogens with zero attached hydrogens (tertiary/aromatic N) is 3. The summed E-state index contributed by atoms with van der Waals surface area (Å²) in [4.78, 5) is 24.6. The molecule has 1 heterocycles. The summed E-state index contributed by atoms with van der Waals surface area (Å²) >= 11 is 0. The molecule has 2 aromatic carbocycles. The number of rotatable bonds is 7. The van der Waals surface area contributed by atoms with Crippen LogP contribution in [0.4, 0.5) is 13.2 Å². The standard InChI is InChI=1S/C22H21F3N4O3/c1-14(16-7-4-3-5-8-16)12-26-20(30)15(2)32-21(31)19-13-29(28-27-19)18-10-6-9-17(11-18)22(23,24)25/h3-11,13-15H,12H2,1-2H3,(H,26,30). The number of hydrogen-bond donors (Lipinski definition) is 1. The predicted octanol–water partition coefficient (Wildman–Crippen LogP) is 3.75. The molecule has 0 bridgehead atoms. The molecule has 0 aliphatic heterocycles. The van der Waals surface area contributed by atoms with Crippen molar-refractivity contribution >= 4 is 11.9 Å². The number of halogens is 3. The molecule has 32 heavy (non-hydrogen) atoms. The molecule has 10 heteroatoms. The summed E-state index contributed by atoms with van der Waals surface area (Å²) in [6.45, 7) is 3.73. The Hall–Kier alpha value is -3.69. The first-order chi connectivity index (χ1) is 15.1. The quantitative estimate of drug-likeness (QED) is 0.559. The third-order valence-corrected chi connectivity index (χ3v) is 4.74. The second-order valence-corrected chi connectivity index (χ2v) is 7.20. The van der Waals surface area contributed by atoms with E-state index in [1.165, 1.54) is 19.1 Å². The minimum atomic E-state index is -4.51. The summed E-state index contributed by atoms with van der Waals surface area (Å²) in [5.74, 6) is -1.33. The number of aromatic nitrogens is 3. The van der Waals surface area contributed by atoms with E-state index in [9.17, 15) is 22.8 Å². The lowest BCUT2D eigenvalue weighted by Crippen LogP contribution is -2.37. The minimum absolute atomic E-state index is 0.0652. The number of ether oxygens (including phenoxy) is 1. The predicted molar refractivity (Wildman–Crippen MR) is 109 cm³/mol. The molecule has 0 saturated carbocycles. The summed E-state index contributed by atoms with van der Waals surface area (Å²) in [5.41, 5.74) is 0.0417. The van der Waals surface area contributed by atoms with E-state index in [1.54, 1.807) is 0 Å². The molecule has 1 aromatic heterocycles. The number of carbonyl (C=O) groups excluding carboxylic acids is 2. The summed E-state index contributed by atoms with van der Waals surface area (Å²) in [5, 5.41) is 10.0. The molecule has 0 fully saturated rings. The van der Waals surface area contributed by atoms with Gasteiger partial charge in [0, 0.05) is 6.54 Å². The Kier molecular flexibility index (Phi) is 6.92. The lowest BCUT2D eigenvalue weighted by atomic mass is 10.0. The van der Waals surface area contributed by atoms with E-state index in [2.05, 4.69) is 15.6 Å². The van der Waals surface area contributed by atoms with Crippen LogP contribution in [0.25, 0.3) is 5.69 Å². The van der Waals surface area contributed by atoms with Gasteiger partial charge in [-0.3, -0.25) is 4.79 Å². The first-order valence-corrected chi connectivity index (χ1v) is 9.79. The van der Waals surface area contributed by atoms with Crippen molar-refractivity contribution in [3.05, 3.63) is 77.6 Å². The molecule has 1 amide bonds. The summed E-state index contributed by atoms with van der Waals surface area (Å²) in [6, 6.07) is 14.0. The SMILES string of the molecule is CC(OC(=O)c1cn(-c2cccc(C(F)(F)F)c2)nn1)C(=O)NCC(C)c1ccccc1. The van der Waals surface area contributed by atoms with Gasteiger partial charge < -0.3 is 10.1 Å². The second-order valence-electron chi connectivity index (χ2n) is 7.20. The van der Waals surface area contributed by atoms with Crippen molar-refractivity contribution in [1.82, 2.24) is 20.3 Å². The minimum Gasteiger partial charge on any atom is -0.448 e. The van der Waals surface area contributed by atoms with Gasteiger partial charge in [0.2, 0.25) is 0 Å². The van der Waals surface area contributed by atoms with Gasteiger partial charge in [-0.2, -0.15) is 13.2 Å². The third-order valence-electron chi connectivity index (χ3n) is 4.74. The van der Waals surface area contributed by atoms with Crippen molar-refractivity contribution in [2.24, 2.45) is 0 Å². The zero-order valence-corrected chi connectivity index (χ0v) is 17.3. The molecule has 3 aromatic rings. The van der Waals surface area contributed by atoms with Crippen LogP contribution in [0, 0.1) is 0 Å². The van der Waals surface area contributed by atoms with Gasteiger partial charge in [-0.25, -0.2) is 9.48 Å². The molecule has 0 saturated heterocycles. The van der Waals surface area contributed by atoms with Crippen LogP contribution in [0.3, 0.4) is 0 Å². The molecule has 168 valence electrons. The van der Waals surface area contributed by atoms with Crippen molar-refractivity contribution in [3.63, 3.8) is 0 Å². The first kappa shape index (κ1) is 23.0. The maximum Gasteiger partial charge on any atom is 0.416 e. The number of benzene rings is 2. The highest BCUT2D eigenvalue weighted by atomic mass is 19.4. The van der Waals surface area contributed by atoms with Crippen LogP contribution in [0.15, 0.2) is 60.8 Å². The highest BCUT2D eigenvalue weighted by Crippen LogP contribution is 2.30. The molecule has 3 rings (SSSR count). The monoisotopic (exact) mass is 446 g/mol. The van der Waals surface area contributed by atoms with Crippen molar-refractivity contribution in [3.8, 4) is 5.69 Å². The van der Waals surface area contributed by atoms with E-state index in [1.807, 2.05) is 37.3 Å². The van der Waals surface area contributed by atoms with Gasteiger partial charge in [-0.05, 0) is 36.6 Å². The third kappa shape index (κ3) is 5.71. The van der Waals surface area contributed by atoms with E-state index in [0.29, 0.717) is 6.54 Å². The van der Waals surface area contributed by atoms with Gasteiger partial charge in [0.05, 0.1) is 17.4 Å². The second kappa shape index (κ2) is 9.63. The Morgan fingerprint density at radius 1 is 1.09 bits per heavy atom. The number of esters is 1. The van der Waals surface area contributed by atoms with Gasteiger partial charge in [0.25, 0.3) is 5.91 Å². The van der Waals surface area contributed by atoms with Crippen LogP contribution in [-0.2, 0) is 15.7 Å². The highest BCUT2D eigenvalue weighted by Gasteiger charge is 2.30. The van der Waals surface area contributed by atoms with E-state index >= 15 is 0 Å². The molecule has 0 radical (unpaired) electrons. The smallest absolute Gasteiger partial charge is 0.416 e. The molecule has 0 aliphatic rings.